The largest absolute Gasteiger partial charge is 0.505 e. The van der Waals surface area contributed by atoms with Crippen LogP contribution in [0, 0.1) is 5.82 Å². The number of halogens is 4. The standard InChI is InChI=1S/C17H14F4N4O3S/c1-2-24-14(27)16(3-4-16)25(15(24)28)7-11-22-23-13(29-11)9-5-8(17(19,20)21)6-10(26)12(9)18/h5-6,26H,2-4,7H2,1H3. The molecule has 1 N–H and O–H groups in total. The van der Waals surface area contributed by atoms with E-state index in [9.17, 15) is 32.3 Å². The molecule has 7 nitrogen and oxygen atoms in total. The van der Waals surface area contributed by atoms with Crippen LogP contribution in [-0.2, 0) is 17.5 Å². The second-order valence-corrected chi connectivity index (χ2v) is 7.87. The average Bonchev–Trinajstić information content (AvgIpc) is 3.28. The number of phenols is 1. The van der Waals surface area contributed by atoms with Gasteiger partial charge in [0.1, 0.15) is 10.5 Å². The first kappa shape index (κ1) is 19.6. The van der Waals surface area contributed by atoms with Gasteiger partial charge in [-0.3, -0.25) is 9.69 Å². The van der Waals surface area contributed by atoms with Crippen molar-refractivity contribution in [1.29, 1.82) is 0 Å². The van der Waals surface area contributed by atoms with Crippen LogP contribution in [0.15, 0.2) is 12.1 Å². The van der Waals surface area contributed by atoms with Gasteiger partial charge in [0.25, 0.3) is 5.91 Å². The number of rotatable bonds is 4. The summed E-state index contributed by atoms with van der Waals surface area (Å²) in [6, 6.07) is 0.381. The fourth-order valence-corrected chi connectivity index (χ4v) is 4.21. The molecule has 1 spiro atoms. The molecule has 3 amide bonds. The van der Waals surface area contributed by atoms with Crippen molar-refractivity contribution in [2.24, 2.45) is 0 Å². The molecule has 154 valence electrons. The quantitative estimate of drug-likeness (QED) is 0.594. The molecule has 0 bridgehead atoms. The fourth-order valence-electron chi connectivity index (χ4n) is 3.37. The average molecular weight is 430 g/mol. The summed E-state index contributed by atoms with van der Waals surface area (Å²) in [6.45, 7) is 1.85. The van der Waals surface area contributed by atoms with Crippen LogP contribution in [0.4, 0.5) is 22.4 Å². The van der Waals surface area contributed by atoms with Crippen LogP contribution in [-0.4, -0.2) is 49.1 Å². The zero-order valence-electron chi connectivity index (χ0n) is 15.0. The number of aromatic hydroxyl groups is 1. The maximum absolute atomic E-state index is 14.2. The Morgan fingerprint density at radius 2 is 1.93 bits per heavy atom. The van der Waals surface area contributed by atoms with E-state index in [0.29, 0.717) is 25.0 Å². The molecule has 2 aromatic rings. The smallest absolute Gasteiger partial charge is 0.416 e. The van der Waals surface area contributed by atoms with Gasteiger partial charge in [0.15, 0.2) is 16.6 Å². The highest BCUT2D eigenvalue weighted by atomic mass is 32.1. The zero-order chi connectivity index (χ0) is 21.1. The Balaban J connectivity index is 1.64. The number of alkyl halides is 3. The molecule has 1 saturated heterocycles. The van der Waals surface area contributed by atoms with E-state index in [1.165, 1.54) is 4.90 Å². The highest BCUT2D eigenvalue weighted by Crippen LogP contribution is 2.49. The maximum Gasteiger partial charge on any atom is 0.416 e. The van der Waals surface area contributed by atoms with E-state index in [1.807, 2.05) is 0 Å². The van der Waals surface area contributed by atoms with Crippen LogP contribution in [0.2, 0.25) is 0 Å². The number of amides is 3. The van der Waals surface area contributed by atoms with Gasteiger partial charge in [0.2, 0.25) is 0 Å². The van der Waals surface area contributed by atoms with E-state index < -0.39 is 40.4 Å². The minimum absolute atomic E-state index is 0.0642. The summed E-state index contributed by atoms with van der Waals surface area (Å²) in [7, 11) is 0. The Morgan fingerprint density at radius 3 is 2.52 bits per heavy atom. The number of likely N-dealkylation sites (N-methyl/N-ethyl adjacent to an activating group) is 1. The Morgan fingerprint density at radius 1 is 1.24 bits per heavy atom. The second-order valence-electron chi connectivity index (χ2n) is 6.81. The predicted molar refractivity (Wildman–Crippen MR) is 92.3 cm³/mol. The molecular formula is C17H14F4N4O3S. The molecule has 1 aromatic carbocycles. The van der Waals surface area contributed by atoms with Gasteiger partial charge in [-0.05, 0) is 31.9 Å². The SMILES string of the molecule is CCN1C(=O)N(Cc2nnc(-c3cc(C(F)(F)F)cc(O)c3F)s2)C2(CC2)C1=O. The molecule has 12 heteroatoms. The molecule has 1 aromatic heterocycles. The van der Waals surface area contributed by atoms with Crippen LogP contribution in [0.5, 0.6) is 5.75 Å². The third kappa shape index (κ3) is 3.02. The molecule has 0 atom stereocenters. The van der Waals surface area contributed by atoms with Crippen molar-refractivity contribution >= 4 is 23.3 Å². The lowest BCUT2D eigenvalue weighted by molar-refractivity contribution is -0.137. The number of hydrogen-bond acceptors (Lipinski definition) is 6. The van der Waals surface area contributed by atoms with E-state index >= 15 is 0 Å². The number of carbonyl (C=O) groups is 2. The van der Waals surface area contributed by atoms with Gasteiger partial charge >= 0.3 is 12.2 Å². The number of urea groups is 1. The Kier molecular flexibility index (Phi) is 4.30. The van der Waals surface area contributed by atoms with Crippen molar-refractivity contribution in [2.45, 2.75) is 38.0 Å². The summed E-state index contributed by atoms with van der Waals surface area (Å²) in [5.74, 6) is -2.67. The number of carbonyl (C=O) groups excluding carboxylic acids is 2. The summed E-state index contributed by atoms with van der Waals surface area (Å²) in [6.07, 6.45) is -3.73. The van der Waals surface area contributed by atoms with E-state index in [4.69, 9.17) is 0 Å². The second kappa shape index (κ2) is 6.37. The van der Waals surface area contributed by atoms with Crippen LogP contribution in [0.1, 0.15) is 30.3 Å². The third-order valence-corrected chi connectivity index (χ3v) is 5.97. The molecule has 1 saturated carbocycles. The van der Waals surface area contributed by atoms with Crippen LogP contribution in [0.3, 0.4) is 0 Å². The van der Waals surface area contributed by atoms with Gasteiger partial charge in [-0.2, -0.15) is 13.2 Å². The Hall–Kier alpha value is -2.76. The van der Waals surface area contributed by atoms with Crippen molar-refractivity contribution in [3.63, 3.8) is 0 Å². The molecular weight excluding hydrogens is 416 g/mol. The molecule has 4 rings (SSSR count). The number of nitrogens with zero attached hydrogens (tertiary/aromatic N) is 4. The zero-order valence-corrected chi connectivity index (χ0v) is 15.8. The van der Waals surface area contributed by atoms with Crippen molar-refractivity contribution in [3.8, 4) is 16.3 Å². The Labute approximate surface area is 165 Å². The first-order valence-electron chi connectivity index (χ1n) is 8.64. The highest BCUT2D eigenvalue weighted by molar-refractivity contribution is 7.14. The summed E-state index contributed by atoms with van der Waals surface area (Å²) in [5.41, 5.74) is -2.65. The lowest BCUT2D eigenvalue weighted by Gasteiger charge is -2.19. The number of benzene rings is 1. The van der Waals surface area contributed by atoms with Crippen molar-refractivity contribution in [3.05, 3.63) is 28.5 Å². The van der Waals surface area contributed by atoms with Gasteiger partial charge in [0.05, 0.1) is 17.7 Å². The summed E-state index contributed by atoms with van der Waals surface area (Å²) in [5, 5.41) is 17.1. The molecule has 2 heterocycles. The van der Waals surface area contributed by atoms with Gasteiger partial charge in [0, 0.05) is 6.54 Å². The molecule has 1 aliphatic heterocycles. The van der Waals surface area contributed by atoms with Crippen molar-refractivity contribution in [2.75, 3.05) is 6.54 Å². The van der Waals surface area contributed by atoms with Gasteiger partial charge in [-0.1, -0.05) is 11.3 Å². The first-order valence-corrected chi connectivity index (χ1v) is 9.46. The van der Waals surface area contributed by atoms with E-state index in [-0.39, 0.29) is 29.0 Å². The van der Waals surface area contributed by atoms with E-state index in [2.05, 4.69) is 10.2 Å². The Bertz CT molecular complexity index is 1020. The number of hydrogen-bond donors (Lipinski definition) is 1. The molecule has 2 aliphatic rings. The minimum atomic E-state index is -4.78. The summed E-state index contributed by atoms with van der Waals surface area (Å²) < 4.78 is 53.1. The monoisotopic (exact) mass is 430 g/mol. The van der Waals surface area contributed by atoms with Crippen LogP contribution in [0.25, 0.3) is 10.6 Å². The van der Waals surface area contributed by atoms with Gasteiger partial charge in [-0.25, -0.2) is 9.18 Å². The van der Waals surface area contributed by atoms with E-state index in [1.54, 1.807) is 6.92 Å². The maximum atomic E-state index is 14.2. The molecule has 1 aliphatic carbocycles. The van der Waals surface area contributed by atoms with Crippen molar-refractivity contribution < 1.29 is 32.3 Å². The molecule has 0 unspecified atom stereocenters. The summed E-state index contributed by atoms with van der Waals surface area (Å²) in [4.78, 5) is 27.4. The van der Waals surface area contributed by atoms with Crippen LogP contribution < -0.4 is 0 Å². The first-order chi connectivity index (χ1) is 13.6. The topological polar surface area (TPSA) is 86.6 Å². The normalized spacial score (nSPS) is 18.2. The van der Waals surface area contributed by atoms with Crippen molar-refractivity contribution in [1.82, 2.24) is 20.0 Å². The number of phenolic OH excluding ortho intramolecular Hbond substituents is 1. The summed E-state index contributed by atoms with van der Waals surface area (Å²) >= 11 is 0.791. The number of aromatic nitrogens is 2. The van der Waals surface area contributed by atoms with E-state index in [0.717, 1.165) is 16.2 Å². The lowest BCUT2D eigenvalue weighted by Crippen LogP contribution is -2.36. The lowest BCUT2D eigenvalue weighted by atomic mass is 10.1. The van der Waals surface area contributed by atoms with Gasteiger partial charge in [-0.15, -0.1) is 10.2 Å². The van der Waals surface area contributed by atoms with Crippen LogP contribution >= 0.6 is 11.3 Å². The third-order valence-electron chi connectivity index (χ3n) is 5.03. The fraction of sp³-hybridized carbons (Fsp3) is 0.412. The molecule has 29 heavy (non-hydrogen) atoms. The van der Waals surface area contributed by atoms with Gasteiger partial charge < -0.3 is 10.0 Å². The molecule has 0 radical (unpaired) electrons. The number of imide groups is 1. The minimum Gasteiger partial charge on any atom is -0.505 e. The molecule has 2 fully saturated rings. The highest BCUT2D eigenvalue weighted by Gasteiger charge is 2.64. The predicted octanol–water partition coefficient (Wildman–Crippen LogP) is 3.39.